The SMILES string of the molecule is CNC(CCc1cccnc1)c1cncnc1. The molecule has 0 aliphatic rings. The number of hydrogen-bond acceptors (Lipinski definition) is 4. The third-order valence-electron chi connectivity index (χ3n) is 2.78. The van der Waals surface area contributed by atoms with Crippen LogP contribution >= 0.6 is 0 Å². The Balaban J connectivity index is 1.97. The largest absolute Gasteiger partial charge is 0.313 e. The predicted molar refractivity (Wildman–Crippen MR) is 66.4 cm³/mol. The Labute approximate surface area is 101 Å². The second kappa shape index (κ2) is 6.06. The quantitative estimate of drug-likeness (QED) is 0.847. The molecular weight excluding hydrogens is 212 g/mol. The van der Waals surface area contributed by atoms with E-state index in [1.165, 1.54) is 5.56 Å². The zero-order chi connectivity index (χ0) is 11.9. The summed E-state index contributed by atoms with van der Waals surface area (Å²) in [4.78, 5) is 12.2. The summed E-state index contributed by atoms with van der Waals surface area (Å²) in [6.45, 7) is 0. The molecule has 0 aromatic carbocycles. The second-order valence-corrected chi connectivity index (χ2v) is 3.91. The maximum Gasteiger partial charge on any atom is 0.115 e. The number of nitrogens with one attached hydrogen (secondary N) is 1. The van der Waals surface area contributed by atoms with Gasteiger partial charge in [-0.3, -0.25) is 4.98 Å². The van der Waals surface area contributed by atoms with E-state index in [9.17, 15) is 0 Å². The Hall–Kier alpha value is -1.81. The Morgan fingerprint density at radius 2 is 2.00 bits per heavy atom. The van der Waals surface area contributed by atoms with Gasteiger partial charge in [0.15, 0.2) is 0 Å². The molecule has 4 heteroatoms. The smallest absolute Gasteiger partial charge is 0.115 e. The third-order valence-corrected chi connectivity index (χ3v) is 2.78. The van der Waals surface area contributed by atoms with Gasteiger partial charge in [0.05, 0.1) is 0 Å². The van der Waals surface area contributed by atoms with E-state index < -0.39 is 0 Å². The van der Waals surface area contributed by atoms with Gasteiger partial charge in [0.2, 0.25) is 0 Å². The van der Waals surface area contributed by atoms with Crippen LogP contribution in [0.2, 0.25) is 0 Å². The lowest BCUT2D eigenvalue weighted by atomic mass is 10.0. The molecule has 2 aromatic rings. The lowest BCUT2D eigenvalue weighted by Gasteiger charge is -2.15. The summed E-state index contributed by atoms with van der Waals surface area (Å²) in [7, 11) is 1.96. The van der Waals surface area contributed by atoms with Gasteiger partial charge >= 0.3 is 0 Å². The summed E-state index contributed by atoms with van der Waals surface area (Å²) in [5.41, 5.74) is 2.38. The molecule has 0 bridgehead atoms. The molecule has 1 atom stereocenters. The minimum atomic E-state index is 0.288. The summed E-state index contributed by atoms with van der Waals surface area (Å²) in [6, 6.07) is 4.35. The molecule has 2 aromatic heterocycles. The maximum atomic E-state index is 4.12. The highest BCUT2D eigenvalue weighted by Crippen LogP contribution is 2.16. The first-order valence-corrected chi connectivity index (χ1v) is 5.71. The Morgan fingerprint density at radius 3 is 2.65 bits per heavy atom. The summed E-state index contributed by atoms with van der Waals surface area (Å²) < 4.78 is 0. The Bertz CT molecular complexity index is 430. The van der Waals surface area contributed by atoms with Gasteiger partial charge in [-0.25, -0.2) is 9.97 Å². The highest BCUT2D eigenvalue weighted by molar-refractivity contribution is 5.12. The van der Waals surface area contributed by atoms with Crippen molar-refractivity contribution in [3.05, 3.63) is 54.4 Å². The van der Waals surface area contributed by atoms with Crippen LogP contribution in [0.1, 0.15) is 23.6 Å². The first-order valence-electron chi connectivity index (χ1n) is 5.71. The van der Waals surface area contributed by atoms with Crippen LogP contribution in [0.25, 0.3) is 0 Å². The monoisotopic (exact) mass is 228 g/mol. The summed E-state index contributed by atoms with van der Waals surface area (Å²) in [5, 5.41) is 3.29. The third kappa shape index (κ3) is 3.32. The highest BCUT2D eigenvalue weighted by atomic mass is 14.9. The molecular formula is C13H16N4. The Kier molecular flexibility index (Phi) is 4.16. The van der Waals surface area contributed by atoms with Crippen molar-refractivity contribution >= 4 is 0 Å². The van der Waals surface area contributed by atoms with Crippen LogP contribution in [0.3, 0.4) is 0 Å². The minimum Gasteiger partial charge on any atom is -0.313 e. The van der Waals surface area contributed by atoms with Gasteiger partial charge < -0.3 is 5.32 Å². The summed E-state index contributed by atoms with van der Waals surface area (Å²) in [6.07, 6.45) is 11.0. The van der Waals surface area contributed by atoms with Crippen molar-refractivity contribution in [2.45, 2.75) is 18.9 Å². The van der Waals surface area contributed by atoms with Crippen LogP contribution in [0.15, 0.2) is 43.2 Å². The van der Waals surface area contributed by atoms with Crippen molar-refractivity contribution in [1.82, 2.24) is 20.3 Å². The van der Waals surface area contributed by atoms with Crippen LogP contribution < -0.4 is 5.32 Å². The van der Waals surface area contributed by atoms with E-state index in [0.717, 1.165) is 18.4 Å². The van der Waals surface area contributed by atoms with E-state index in [1.807, 2.05) is 31.7 Å². The molecule has 1 N–H and O–H groups in total. The predicted octanol–water partition coefficient (Wildman–Crippen LogP) is 1.76. The number of pyridine rings is 1. The molecule has 0 saturated carbocycles. The van der Waals surface area contributed by atoms with Crippen LogP contribution in [0.4, 0.5) is 0 Å². The highest BCUT2D eigenvalue weighted by Gasteiger charge is 2.09. The average Bonchev–Trinajstić information content (AvgIpc) is 2.42. The van der Waals surface area contributed by atoms with E-state index in [4.69, 9.17) is 0 Å². The van der Waals surface area contributed by atoms with Gasteiger partial charge in [-0.2, -0.15) is 0 Å². The molecule has 0 fully saturated rings. The van der Waals surface area contributed by atoms with Crippen molar-refractivity contribution in [3.63, 3.8) is 0 Å². The van der Waals surface area contributed by atoms with E-state index in [2.05, 4.69) is 26.3 Å². The van der Waals surface area contributed by atoms with Gasteiger partial charge in [0.25, 0.3) is 0 Å². The number of rotatable bonds is 5. The topological polar surface area (TPSA) is 50.7 Å². The van der Waals surface area contributed by atoms with Crippen LogP contribution in [-0.2, 0) is 6.42 Å². The van der Waals surface area contributed by atoms with E-state index >= 15 is 0 Å². The fourth-order valence-corrected chi connectivity index (χ4v) is 1.83. The lowest BCUT2D eigenvalue weighted by molar-refractivity contribution is 0.545. The number of nitrogens with zero attached hydrogens (tertiary/aromatic N) is 3. The van der Waals surface area contributed by atoms with Crippen molar-refractivity contribution in [1.29, 1.82) is 0 Å². The fourth-order valence-electron chi connectivity index (χ4n) is 1.83. The summed E-state index contributed by atoms with van der Waals surface area (Å²) in [5.74, 6) is 0. The molecule has 88 valence electrons. The maximum absolute atomic E-state index is 4.12. The zero-order valence-corrected chi connectivity index (χ0v) is 9.87. The van der Waals surface area contributed by atoms with Crippen LogP contribution in [0, 0.1) is 0 Å². The summed E-state index contributed by atoms with van der Waals surface area (Å²) >= 11 is 0. The molecule has 0 aliphatic heterocycles. The molecule has 0 spiro atoms. The molecule has 0 amide bonds. The lowest BCUT2D eigenvalue weighted by Crippen LogP contribution is -2.17. The normalized spacial score (nSPS) is 12.3. The van der Waals surface area contributed by atoms with Crippen LogP contribution in [-0.4, -0.2) is 22.0 Å². The minimum absolute atomic E-state index is 0.288. The van der Waals surface area contributed by atoms with Gasteiger partial charge in [-0.05, 0) is 31.5 Å². The number of aryl methyl sites for hydroxylation is 1. The van der Waals surface area contributed by atoms with E-state index in [-0.39, 0.29) is 6.04 Å². The standard InChI is InChI=1S/C13H16N4/c1-14-13(12-8-16-10-17-9-12)5-4-11-3-2-6-15-7-11/h2-3,6-10,13-14H,4-5H2,1H3. The van der Waals surface area contributed by atoms with E-state index in [0.29, 0.717) is 0 Å². The van der Waals surface area contributed by atoms with Crippen LogP contribution in [0.5, 0.6) is 0 Å². The molecule has 2 heterocycles. The molecule has 4 nitrogen and oxygen atoms in total. The van der Waals surface area contributed by atoms with Gasteiger partial charge in [-0.15, -0.1) is 0 Å². The molecule has 1 unspecified atom stereocenters. The van der Waals surface area contributed by atoms with Gasteiger partial charge in [-0.1, -0.05) is 6.07 Å². The Morgan fingerprint density at radius 1 is 1.18 bits per heavy atom. The van der Waals surface area contributed by atoms with Gasteiger partial charge in [0.1, 0.15) is 6.33 Å². The molecule has 0 saturated heterocycles. The first kappa shape index (κ1) is 11.7. The molecule has 2 rings (SSSR count). The first-order chi connectivity index (χ1) is 8.40. The molecule has 0 aliphatic carbocycles. The van der Waals surface area contributed by atoms with Crippen molar-refractivity contribution < 1.29 is 0 Å². The second-order valence-electron chi connectivity index (χ2n) is 3.91. The van der Waals surface area contributed by atoms with Crippen molar-refractivity contribution in [3.8, 4) is 0 Å². The van der Waals surface area contributed by atoms with E-state index in [1.54, 1.807) is 12.5 Å². The molecule has 0 radical (unpaired) electrons. The number of hydrogen-bond donors (Lipinski definition) is 1. The fraction of sp³-hybridized carbons (Fsp3) is 0.308. The molecule has 17 heavy (non-hydrogen) atoms. The zero-order valence-electron chi connectivity index (χ0n) is 9.87. The van der Waals surface area contributed by atoms with Crippen molar-refractivity contribution in [2.24, 2.45) is 0 Å². The van der Waals surface area contributed by atoms with Crippen molar-refractivity contribution in [2.75, 3.05) is 7.05 Å². The van der Waals surface area contributed by atoms with Gasteiger partial charge in [0, 0.05) is 36.4 Å². The average molecular weight is 228 g/mol. The number of aromatic nitrogens is 3.